The summed E-state index contributed by atoms with van der Waals surface area (Å²) < 4.78 is 0. The van der Waals surface area contributed by atoms with Gasteiger partial charge in [0.25, 0.3) is 0 Å². The van der Waals surface area contributed by atoms with E-state index in [0.717, 1.165) is 17.7 Å². The van der Waals surface area contributed by atoms with E-state index in [4.69, 9.17) is 0 Å². The largest absolute Gasteiger partial charge is 0.356 e. The van der Waals surface area contributed by atoms with Gasteiger partial charge in [0.1, 0.15) is 6.33 Å². The first-order valence-corrected chi connectivity index (χ1v) is 7.51. The van der Waals surface area contributed by atoms with Crippen molar-refractivity contribution in [1.82, 2.24) is 15.3 Å². The third-order valence-corrected chi connectivity index (χ3v) is 3.70. The fourth-order valence-corrected chi connectivity index (χ4v) is 2.54. The first-order chi connectivity index (χ1) is 9.84. The minimum absolute atomic E-state index is 0.0882. The van der Waals surface area contributed by atoms with Crippen LogP contribution >= 0.6 is 11.8 Å². The van der Waals surface area contributed by atoms with Gasteiger partial charge in [-0.05, 0) is 24.1 Å². The molecule has 0 radical (unpaired) electrons. The summed E-state index contributed by atoms with van der Waals surface area (Å²) in [5.74, 6) is 0.884. The molecule has 0 atom stereocenters. The highest BCUT2D eigenvalue weighted by atomic mass is 32.2. The first kappa shape index (κ1) is 14.5. The number of carbonyl (C=O) groups excluding carboxylic acids is 1. The van der Waals surface area contributed by atoms with Crippen molar-refractivity contribution in [2.75, 3.05) is 12.3 Å². The van der Waals surface area contributed by atoms with E-state index in [1.807, 2.05) is 18.2 Å². The topological polar surface area (TPSA) is 54.9 Å². The van der Waals surface area contributed by atoms with Gasteiger partial charge < -0.3 is 5.32 Å². The number of nitrogens with one attached hydrogen (secondary N) is 1. The molecule has 0 aliphatic heterocycles. The van der Waals surface area contributed by atoms with Gasteiger partial charge in [0.05, 0.1) is 0 Å². The molecule has 0 saturated carbocycles. The molecule has 20 heavy (non-hydrogen) atoms. The summed E-state index contributed by atoms with van der Waals surface area (Å²) in [7, 11) is 0. The molecule has 1 aromatic heterocycles. The van der Waals surface area contributed by atoms with Crippen LogP contribution in [0.2, 0.25) is 0 Å². The van der Waals surface area contributed by atoms with Crippen LogP contribution in [0.1, 0.15) is 12.0 Å². The van der Waals surface area contributed by atoms with Crippen molar-refractivity contribution >= 4 is 17.7 Å². The van der Waals surface area contributed by atoms with Gasteiger partial charge in [0.15, 0.2) is 0 Å². The third-order valence-electron chi connectivity index (χ3n) is 2.69. The molecule has 0 spiro atoms. The minimum Gasteiger partial charge on any atom is -0.356 e. The second-order valence-electron chi connectivity index (χ2n) is 4.26. The lowest BCUT2D eigenvalue weighted by molar-refractivity contribution is -0.120. The molecular weight excluding hydrogens is 270 g/mol. The molecular formula is C15H17N3OS. The Balaban J connectivity index is 1.59. The van der Waals surface area contributed by atoms with E-state index in [2.05, 4.69) is 27.4 Å². The normalized spacial score (nSPS) is 10.2. The van der Waals surface area contributed by atoms with Crippen LogP contribution in [-0.2, 0) is 11.2 Å². The monoisotopic (exact) mass is 287 g/mol. The van der Waals surface area contributed by atoms with Crippen molar-refractivity contribution in [2.45, 2.75) is 17.7 Å². The summed E-state index contributed by atoms with van der Waals surface area (Å²) >= 11 is 1.70. The molecule has 4 nitrogen and oxygen atoms in total. The highest BCUT2D eigenvalue weighted by Crippen LogP contribution is 2.17. The Morgan fingerprint density at radius 2 is 1.90 bits per heavy atom. The van der Waals surface area contributed by atoms with Gasteiger partial charge in [0, 0.05) is 36.0 Å². The summed E-state index contributed by atoms with van der Waals surface area (Å²) in [6, 6.07) is 10.1. The molecule has 0 aliphatic carbocycles. The van der Waals surface area contributed by atoms with Crippen molar-refractivity contribution in [2.24, 2.45) is 0 Å². The Kier molecular flexibility index (Phi) is 6.05. The van der Waals surface area contributed by atoms with Crippen molar-refractivity contribution < 1.29 is 4.79 Å². The number of benzene rings is 1. The zero-order chi connectivity index (χ0) is 14.0. The lowest BCUT2D eigenvalue weighted by Crippen LogP contribution is -2.25. The SMILES string of the molecule is O=C(CCSc1ccccc1)NCCc1cncnc1. The van der Waals surface area contributed by atoms with Crippen LogP contribution in [0.25, 0.3) is 0 Å². The van der Waals surface area contributed by atoms with Crippen LogP contribution in [0.15, 0.2) is 53.9 Å². The second-order valence-corrected chi connectivity index (χ2v) is 5.43. The molecule has 0 fully saturated rings. The maximum absolute atomic E-state index is 11.7. The summed E-state index contributed by atoms with van der Waals surface area (Å²) in [6.45, 7) is 0.627. The highest BCUT2D eigenvalue weighted by molar-refractivity contribution is 7.99. The number of hydrogen-bond acceptors (Lipinski definition) is 4. The molecule has 2 rings (SSSR count). The van der Waals surface area contributed by atoms with Crippen LogP contribution in [0.5, 0.6) is 0 Å². The smallest absolute Gasteiger partial charge is 0.220 e. The predicted molar refractivity (Wildman–Crippen MR) is 80.5 cm³/mol. The maximum Gasteiger partial charge on any atom is 0.220 e. The fraction of sp³-hybridized carbons (Fsp3) is 0.267. The molecule has 1 aromatic carbocycles. The number of rotatable bonds is 7. The van der Waals surface area contributed by atoms with Gasteiger partial charge in [-0.25, -0.2) is 9.97 Å². The van der Waals surface area contributed by atoms with Crippen molar-refractivity contribution in [3.8, 4) is 0 Å². The quantitative estimate of drug-likeness (QED) is 0.794. The van der Waals surface area contributed by atoms with Crippen molar-refractivity contribution in [3.63, 3.8) is 0 Å². The van der Waals surface area contributed by atoms with E-state index in [-0.39, 0.29) is 5.91 Å². The lowest BCUT2D eigenvalue weighted by atomic mass is 10.2. The highest BCUT2D eigenvalue weighted by Gasteiger charge is 2.02. The Labute approximate surface area is 123 Å². The fourth-order valence-electron chi connectivity index (χ4n) is 1.67. The van der Waals surface area contributed by atoms with E-state index in [9.17, 15) is 4.79 Å². The average Bonchev–Trinajstić information content (AvgIpc) is 2.49. The zero-order valence-electron chi connectivity index (χ0n) is 11.2. The van der Waals surface area contributed by atoms with E-state index < -0.39 is 0 Å². The van der Waals surface area contributed by atoms with Crippen molar-refractivity contribution in [3.05, 3.63) is 54.6 Å². The number of aromatic nitrogens is 2. The summed E-state index contributed by atoms with van der Waals surface area (Å²) in [5.41, 5.74) is 1.03. The molecule has 0 saturated heterocycles. The Bertz CT molecular complexity index is 472. The Morgan fingerprint density at radius 1 is 1.15 bits per heavy atom. The summed E-state index contributed by atoms with van der Waals surface area (Å²) in [6.07, 6.45) is 6.33. The van der Waals surface area contributed by atoms with Crippen LogP contribution in [0.4, 0.5) is 0 Å². The van der Waals surface area contributed by atoms with Gasteiger partial charge in [0.2, 0.25) is 5.91 Å². The number of amides is 1. The average molecular weight is 287 g/mol. The summed E-state index contributed by atoms with van der Waals surface area (Å²) in [4.78, 5) is 20.7. The first-order valence-electron chi connectivity index (χ1n) is 6.53. The molecule has 104 valence electrons. The van der Waals surface area contributed by atoms with Crippen LogP contribution in [0, 0.1) is 0 Å². The van der Waals surface area contributed by atoms with Gasteiger partial charge in [-0.2, -0.15) is 0 Å². The molecule has 1 N–H and O–H groups in total. The van der Waals surface area contributed by atoms with E-state index in [1.54, 1.807) is 24.2 Å². The van der Waals surface area contributed by atoms with Gasteiger partial charge >= 0.3 is 0 Å². The van der Waals surface area contributed by atoms with Crippen LogP contribution < -0.4 is 5.32 Å². The Morgan fingerprint density at radius 3 is 2.65 bits per heavy atom. The van der Waals surface area contributed by atoms with Crippen LogP contribution in [0.3, 0.4) is 0 Å². The van der Waals surface area contributed by atoms with Crippen LogP contribution in [-0.4, -0.2) is 28.2 Å². The minimum atomic E-state index is 0.0882. The Hall–Kier alpha value is -1.88. The predicted octanol–water partition coefficient (Wildman–Crippen LogP) is 2.32. The van der Waals surface area contributed by atoms with Gasteiger partial charge in [-0.3, -0.25) is 4.79 Å². The molecule has 0 unspecified atom stereocenters. The molecule has 2 aromatic rings. The number of nitrogens with zero attached hydrogens (tertiary/aromatic N) is 2. The van der Waals surface area contributed by atoms with E-state index in [1.165, 1.54) is 11.2 Å². The van der Waals surface area contributed by atoms with Crippen molar-refractivity contribution in [1.29, 1.82) is 0 Å². The molecule has 0 bridgehead atoms. The zero-order valence-corrected chi connectivity index (χ0v) is 12.0. The number of carbonyl (C=O) groups is 1. The van der Waals surface area contributed by atoms with Gasteiger partial charge in [-0.1, -0.05) is 18.2 Å². The molecule has 1 amide bonds. The van der Waals surface area contributed by atoms with E-state index >= 15 is 0 Å². The standard InChI is InChI=1S/C15H17N3OS/c19-15(7-9-20-14-4-2-1-3-5-14)18-8-6-13-10-16-12-17-11-13/h1-5,10-12H,6-9H2,(H,18,19). The molecule has 5 heteroatoms. The number of hydrogen-bond donors (Lipinski definition) is 1. The number of thioether (sulfide) groups is 1. The molecule has 1 heterocycles. The molecule has 0 aliphatic rings. The summed E-state index contributed by atoms with van der Waals surface area (Å²) in [5, 5.41) is 2.91. The maximum atomic E-state index is 11.7. The second kappa shape index (κ2) is 8.32. The third kappa shape index (κ3) is 5.40. The lowest BCUT2D eigenvalue weighted by Gasteiger charge is -2.05. The van der Waals surface area contributed by atoms with E-state index in [0.29, 0.717) is 13.0 Å². The van der Waals surface area contributed by atoms with Gasteiger partial charge in [-0.15, -0.1) is 11.8 Å².